The van der Waals surface area contributed by atoms with Crippen molar-refractivity contribution >= 4 is 17.1 Å². The van der Waals surface area contributed by atoms with Gasteiger partial charge in [0.05, 0.1) is 11.4 Å². The van der Waals surface area contributed by atoms with Gasteiger partial charge in [0.2, 0.25) is 0 Å². The van der Waals surface area contributed by atoms with E-state index >= 15 is 0 Å². The summed E-state index contributed by atoms with van der Waals surface area (Å²) in [6.07, 6.45) is 0.165. The first-order valence-electron chi connectivity index (χ1n) is 6.71. The summed E-state index contributed by atoms with van der Waals surface area (Å²) in [5.41, 5.74) is 4.84. The molecule has 3 heteroatoms. The monoisotopic (exact) mass is 253 g/mol. The molecular weight excluding hydrogens is 234 g/mol. The van der Waals surface area contributed by atoms with E-state index in [1.54, 1.807) is 0 Å². The highest BCUT2D eigenvalue weighted by Crippen LogP contribution is 2.34. The standard InChI is InChI=1S/C16H19N3/c1-3-19(2)13-10-8-12(9-11-13)16-17-14-6-4-5-7-15(14)18-16/h4-11,16-18H,3H2,1-2H3. The van der Waals surface area contributed by atoms with Crippen molar-refractivity contribution in [2.24, 2.45) is 0 Å². The third-order valence-electron chi connectivity index (χ3n) is 3.67. The number of fused-ring (bicyclic) bond motifs is 1. The van der Waals surface area contributed by atoms with Crippen LogP contribution in [0.4, 0.5) is 17.1 Å². The first-order chi connectivity index (χ1) is 9.28. The van der Waals surface area contributed by atoms with Gasteiger partial charge in [0.25, 0.3) is 0 Å². The van der Waals surface area contributed by atoms with Gasteiger partial charge in [-0.15, -0.1) is 0 Å². The Morgan fingerprint density at radius 3 is 2.05 bits per heavy atom. The predicted octanol–water partition coefficient (Wildman–Crippen LogP) is 3.68. The number of benzene rings is 2. The van der Waals surface area contributed by atoms with E-state index < -0.39 is 0 Å². The summed E-state index contributed by atoms with van der Waals surface area (Å²) in [4.78, 5) is 2.23. The number of nitrogens with one attached hydrogen (secondary N) is 2. The number of anilines is 3. The van der Waals surface area contributed by atoms with Crippen molar-refractivity contribution in [2.45, 2.75) is 13.1 Å². The number of nitrogens with zero attached hydrogens (tertiary/aromatic N) is 1. The number of hydrogen-bond donors (Lipinski definition) is 2. The van der Waals surface area contributed by atoms with Crippen molar-refractivity contribution in [1.82, 2.24) is 0 Å². The lowest BCUT2D eigenvalue weighted by Gasteiger charge is -2.18. The van der Waals surface area contributed by atoms with Crippen molar-refractivity contribution in [2.75, 3.05) is 29.1 Å². The number of para-hydroxylation sites is 2. The van der Waals surface area contributed by atoms with Gasteiger partial charge in [0, 0.05) is 19.3 Å². The second kappa shape index (κ2) is 4.84. The topological polar surface area (TPSA) is 27.3 Å². The fourth-order valence-corrected chi connectivity index (χ4v) is 2.35. The molecule has 3 rings (SSSR count). The highest BCUT2D eigenvalue weighted by atomic mass is 15.2. The van der Waals surface area contributed by atoms with E-state index in [0.717, 1.165) is 6.54 Å². The molecule has 0 amide bonds. The maximum absolute atomic E-state index is 3.49. The average Bonchev–Trinajstić information content (AvgIpc) is 2.90. The minimum absolute atomic E-state index is 0.165. The van der Waals surface area contributed by atoms with Gasteiger partial charge in [-0.1, -0.05) is 24.3 Å². The van der Waals surface area contributed by atoms with E-state index in [2.05, 4.69) is 78.0 Å². The number of hydrogen-bond acceptors (Lipinski definition) is 3. The molecule has 2 aromatic carbocycles. The molecule has 0 saturated heterocycles. The fourth-order valence-electron chi connectivity index (χ4n) is 2.35. The summed E-state index contributed by atoms with van der Waals surface area (Å²) < 4.78 is 0. The highest BCUT2D eigenvalue weighted by molar-refractivity contribution is 5.75. The van der Waals surface area contributed by atoms with Gasteiger partial charge >= 0.3 is 0 Å². The molecule has 19 heavy (non-hydrogen) atoms. The molecule has 3 nitrogen and oxygen atoms in total. The maximum Gasteiger partial charge on any atom is 0.123 e. The third kappa shape index (κ3) is 2.24. The summed E-state index contributed by atoms with van der Waals surface area (Å²) in [6, 6.07) is 17.0. The van der Waals surface area contributed by atoms with Gasteiger partial charge in [-0.3, -0.25) is 0 Å². The molecule has 1 aliphatic rings. The maximum atomic E-state index is 3.49. The number of rotatable bonds is 3. The molecule has 0 aromatic heterocycles. The molecule has 2 aromatic rings. The summed E-state index contributed by atoms with van der Waals surface area (Å²) in [5.74, 6) is 0. The second-order valence-corrected chi connectivity index (χ2v) is 4.87. The van der Waals surface area contributed by atoms with E-state index in [0.29, 0.717) is 0 Å². The van der Waals surface area contributed by atoms with Crippen LogP contribution in [0.1, 0.15) is 18.7 Å². The molecule has 0 spiro atoms. The summed E-state index contributed by atoms with van der Waals surface area (Å²) >= 11 is 0. The Morgan fingerprint density at radius 1 is 0.947 bits per heavy atom. The zero-order valence-electron chi connectivity index (χ0n) is 11.4. The summed E-state index contributed by atoms with van der Waals surface area (Å²) in [6.45, 7) is 3.18. The van der Waals surface area contributed by atoms with E-state index in [-0.39, 0.29) is 6.17 Å². The molecule has 0 fully saturated rings. The van der Waals surface area contributed by atoms with Crippen molar-refractivity contribution in [3.63, 3.8) is 0 Å². The first kappa shape index (κ1) is 11.9. The Kier molecular flexibility index (Phi) is 3.03. The molecule has 0 atom stereocenters. The van der Waals surface area contributed by atoms with Crippen LogP contribution in [0.3, 0.4) is 0 Å². The van der Waals surface area contributed by atoms with Crippen LogP contribution >= 0.6 is 0 Å². The minimum atomic E-state index is 0.165. The van der Waals surface area contributed by atoms with Gasteiger partial charge in [-0.2, -0.15) is 0 Å². The second-order valence-electron chi connectivity index (χ2n) is 4.87. The van der Waals surface area contributed by atoms with E-state index in [4.69, 9.17) is 0 Å². The molecule has 0 radical (unpaired) electrons. The van der Waals surface area contributed by atoms with Crippen molar-refractivity contribution in [1.29, 1.82) is 0 Å². The summed E-state index contributed by atoms with van der Waals surface area (Å²) in [5, 5.41) is 6.98. The fraction of sp³-hybridized carbons (Fsp3) is 0.250. The van der Waals surface area contributed by atoms with E-state index in [9.17, 15) is 0 Å². The molecule has 1 aliphatic heterocycles. The van der Waals surface area contributed by atoms with Crippen LogP contribution in [-0.4, -0.2) is 13.6 Å². The Hall–Kier alpha value is -2.16. The lowest BCUT2D eigenvalue weighted by molar-refractivity contribution is 0.933. The van der Waals surface area contributed by atoms with E-state index in [1.165, 1.54) is 22.6 Å². The first-order valence-corrected chi connectivity index (χ1v) is 6.71. The van der Waals surface area contributed by atoms with Crippen LogP contribution in [0.25, 0.3) is 0 Å². The molecule has 1 heterocycles. The average molecular weight is 253 g/mol. The van der Waals surface area contributed by atoms with Crippen LogP contribution in [0, 0.1) is 0 Å². The van der Waals surface area contributed by atoms with Crippen LogP contribution in [-0.2, 0) is 0 Å². The van der Waals surface area contributed by atoms with Gasteiger partial charge in [0.1, 0.15) is 6.17 Å². The SMILES string of the molecule is CCN(C)c1ccc(C2Nc3ccccc3N2)cc1. The Morgan fingerprint density at radius 2 is 1.53 bits per heavy atom. The van der Waals surface area contributed by atoms with E-state index in [1.807, 2.05) is 0 Å². The zero-order valence-corrected chi connectivity index (χ0v) is 11.4. The Labute approximate surface area is 114 Å². The largest absolute Gasteiger partial charge is 0.375 e. The summed E-state index contributed by atoms with van der Waals surface area (Å²) in [7, 11) is 2.11. The molecule has 0 bridgehead atoms. The van der Waals surface area contributed by atoms with Gasteiger partial charge in [-0.05, 0) is 36.8 Å². The molecule has 2 N–H and O–H groups in total. The lowest BCUT2D eigenvalue weighted by atomic mass is 10.1. The van der Waals surface area contributed by atoms with Crippen molar-refractivity contribution in [3.05, 3.63) is 54.1 Å². The van der Waals surface area contributed by atoms with Crippen LogP contribution in [0.15, 0.2) is 48.5 Å². The third-order valence-corrected chi connectivity index (χ3v) is 3.67. The van der Waals surface area contributed by atoms with Gasteiger partial charge in [0.15, 0.2) is 0 Å². The minimum Gasteiger partial charge on any atom is -0.375 e. The van der Waals surface area contributed by atoms with Crippen molar-refractivity contribution < 1.29 is 0 Å². The van der Waals surface area contributed by atoms with Gasteiger partial charge in [-0.25, -0.2) is 0 Å². The van der Waals surface area contributed by atoms with Crippen molar-refractivity contribution in [3.8, 4) is 0 Å². The predicted molar refractivity (Wildman–Crippen MR) is 81.8 cm³/mol. The van der Waals surface area contributed by atoms with Crippen LogP contribution < -0.4 is 15.5 Å². The smallest absolute Gasteiger partial charge is 0.123 e. The molecular formula is C16H19N3. The van der Waals surface area contributed by atoms with Gasteiger partial charge < -0.3 is 15.5 Å². The molecule has 0 unspecified atom stereocenters. The molecule has 98 valence electrons. The van der Waals surface area contributed by atoms with Crippen LogP contribution in [0.5, 0.6) is 0 Å². The molecule has 0 aliphatic carbocycles. The zero-order chi connectivity index (χ0) is 13.2. The normalized spacial score (nSPS) is 13.6. The quantitative estimate of drug-likeness (QED) is 0.873. The highest BCUT2D eigenvalue weighted by Gasteiger charge is 2.19. The Balaban J connectivity index is 1.78. The van der Waals surface area contributed by atoms with Crippen LogP contribution in [0.2, 0.25) is 0 Å². The molecule has 0 saturated carbocycles. The lowest BCUT2D eigenvalue weighted by Crippen LogP contribution is -2.16. The Bertz CT molecular complexity index is 537.